The van der Waals surface area contributed by atoms with E-state index >= 15 is 0 Å². The Kier molecular flexibility index (Phi) is 6.43. The summed E-state index contributed by atoms with van der Waals surface area (Å²) in [5.74, 6) is -2.89. The smallest absolute Gasteiger partial charge is 0.416 e. The molecule has 1 unspecified atom stereocenters. The summed E-state index contributed by atoms with van der Waals surface area (Å²) in [7, 11) is 2.97. The number of halogens is 5. The van der Waals surface area contributed by atoms with E-state index in [-0.39, 0.29) is 24.5 Å². The van der Waals surface area contributed by atoms with Crippen LogP contribution in [-0.4, -0.2) is 64.4 Å². The van der Waals surface area contributed by atoms with Crippen molar-refractivity contribution in [1.82, 2.24) is 30.4 Å². The zero-order chi connectivity index (χ0) is 22.8. The summed E-state index contributed by atoms with van der Waals surface area (Å²) in [6.07, 6.45) is -6.27. The molecule has 3 rings (SSSR count). The molecule has 170 valence electrons. The number of alkyl halides is 5. The molecule has 1 atom stereocenters. The van der Waals surface area contributed by atoms with Crippen molar-refractivity contribution < 1.29 is 31.5 Å². The van der Waals surface area contributed by atoms with Gasteiger partial charge in [0.05, 0.1) is 17.6 Å². The van der Waals surface area contributed by atoms with Crippen LogP contribution < -0.4 is 5.32 Å². The number of nitrogens with zero attached hydrogens (tertiary/aromatic N) is 5. The number of nitrogens with one attached hydrogen (secondary N) is 1. The number of ether oxygens (including phenoxy) is 1. The molecule has 0 aliphatic heterocycles. The lowest BCUT2D eigenvalue weighted by molar-refractivity contribution is -0.138. The third-order valence-corrected chi connectivity index (χ3v) is 4.81. The van der Waals surface area contributed by atoms with Crippen molar-refractivity contribution in [2.75, 3.05) is 27.2 Å². The first-order valence-corrected chi connectivity index (χ1v) is 9.39. The molecule has 0 spiro atoms. The molecule has 1 N–H and O–H groups in total. The van der Waals surface area contributed by atoms with Crippen LogP contribution in [0.15, 0.2) is 24.3 Å². The number of amides is 1. The number of benzene rings is 1. The Morgan fingerprint density at radius 3 is 2.61 bits per heavy atom. The second-order valence-electron chi connectivity index (χ2n) is 7.38. The lowest BCUT2D eigenvalue weighted by Gasteiger charge is -2.35. The number of carbonyl (C=O) groups is 1. The molecule has 1 amide bonds. The summed E-state index contributed by atoms with van der Waals surface area (Å²) in [5.41, 5.74) is -1.08. The van der Waals surface area contributed by atoms with Gasteiger partial charge in [-0.05, 0) is 22.1 Å². The summed E-state index contributed by atoms with van der Waals surface area (Å²) >= 11 is 0. The fraction of sp³-hybridized carbons (Fsp3) is 0.556. The second kappa shape index (κ2) is 8.73. The number of rotatable bonds is 7. The first-order valence-electron chi connectivity index (χ1n) is 9.39. The second-order valence-corrected chi connectivity index (χ2v) is 7.38. The number of hydrogen-bond acceptors (Lipinski definition) is 6. The van der Waals surface area contributed by atoms with Gasteiger partial charge in [0, 0.05) is 33.5 Å². The predicted molar refractivity (Wildman–Crippen MR) is 97.4 cm³/mol. The van der Waals surface area contributed by atoms with Gasteiger partial charge in [-0.3, -0.25) is 0 Å². The summed E-state index contributed by atoms with van der Waals surface area (Å²) in [6.45, 7) is -0.158. The van der Waals surface area contributed by atoms with Gasteiger partial charge in [-0.25, -0.2) is 18.3 Å². The van der Waals surface area contributed by atoms with Gasteiger partial charge < -0.3 is 15.0 Å². The van der Waals surface area contributed by atoms with Crippen LogP contribution in [0.25, 0.3) is 0 Å². The van der Waals surface area contributed by atoms with E-state index in [1.807, 2.05) is 0 Å². The predicted octanol–water partition coefficient (Wildman–Crippen LogP) is 3.04. The molecule has 1 heterocycles. The average Bonchev–Trinajstić information content (AvgIpc) is 3.14. The largest absolute Gasteiger partial charge is 0.448 e. The minimum atomic E-state index is -4.66. The minimum absolute atomic E-state index is 0.0237. The Labute approximate surface area is 174 Å². The van der Waals surface area contributed by atoms with Crippen LogP contribution in [0, 0.1) is 0 Å². The Morgan fingerprint density at radius 1 is 1.32 bits per heavy atom. The Balaban J connectivity index is 1.89. The number of hydrogen-bond donors (Lipinski definition) is 1. The third-order valence-electron chi connectivity index (χ3n) is 4.81. The van der Waals surface area contributed by atoms with E-state index in [1.54, 1.807) is 0 Å². The van der Waals surface area contributed by atoms with E-state index in [9.17, 15) is 26.7 Å². The van der Waals surface area contributed by atoms with Gasteiger partial charge in [-0.1, -0.05) is 18.2 Å². The Morgan fingerprint density at radius 2 is 2.00 bits per heavy atom. The zero-order valence-electron chi connectivity index (χ0n) is 16.7. The highest BCUT2D eigenvalue weighted by Crippen LogP contribution is 2.46. The fourth-order valence-corrected chi connectivity index (χ4v) is 3.27. The number of carbonyl (C=O) groups excluding carboxylic acids is 1. The van der Waals surface area contributed by atoms with Crippen LogP contribution in [0.5, 0.6) is 0 Å². The van der Waals surface area contributed by atoms with E-state index in [4.69, 9.17) is 4.74 Å². The molecule has 0 saturated heterocycles. The molecule has 1 fully saturated rings. The van der Waals surface area contributed by atoms with Crippen molar-refractivity contribution in [3.8, 4) is 0 Å². The molecule has 0 radical (unpaired) electrons. The van der Waals surface area contributed by atoms with Gasteiger partial charge in [0.2, 0.25) is 0 Å². The van der Waals surface area contributed by atoms with Crippen LogP contribution in [0.4, 0.5) is 26.7 Å². The average molecular weight is 448 g/mol. The van der Waals surface area contributed by atoms with Crippen LogP contribution >= 0.6 is 0 Å². The number of tetrazole rings is 1. The summed E-state index contributed by atoms with van der Waals surface area (Å²) in [5, 5.41) is 13.9. The maximum atomic E-state index is 13.6. The van der Waals surface area contributed by atoms with Crippen LogP contribution in [0.3, 0.4) is 0 Å². The Bertz CT molecular complexity index is 909. The molecule has 1 aliphatic rings. The molecule has 13 heteroatoms. The fourth-order valence-electron chi connectivity index (χ4n) is 3.27. The highest BCUT2D eigenvalue weighted by Gasteiger charge is 2.48. The topological polar surface area (TPSA) is 85.2 Å². The molecular formula is C18H21F5N6O2. The van der Waals surface area contributed by atoms with Crippen molar-refractivity contribution in [1.29, 1.82) is 0 Å². The van der Waals surface area contributed by atoms with Gasteiger partial charge in [0.25, 0.3) is 5.92 Å². The molecule has 1 aromatic carbocycles. The van der Waals surface area contributed by atoms with Gasteiger partial charge in [0.15, 0.2) is 5.82 Å². The first kappa shape index (κ1) is 22.8. The van der Waals surface area contributed by atoms with Crippen molar-refractivity contribution in [3.63, 3.8) is 0 Å². The monoisotopic (exact) mass is 448 g/mol. The maximum absolute atomic E-state index is 13.6. The standard InChI is InChI=1S/C18H21F5N6O2/c1-28(2)16(30)31-8-7-24-14(12-5-3-4-6-13(12)18(21,22)23)15-25-26-27-29(15)11-9-17(19,20)10-11/h3-6,11,14,24H,7-10H2,1-2H3. The molecular weight excluding hydrogens is 427 g/mol. The molecule has 2 aromatic rings. The molecule has 0 bridgehead atoms. The summed E-state index contributed by atoms with van der Waals surface area (Å²) < 4.78 is 73.6. The van der Waals surface area contributed by atoms with Crippen molar-refractivity contribution in [2.45, 2.75) is 37.0 Å². The van der Waals surface area contributed by atoms with Crippen molar-refractivity contribution in [3.05, 3.63) is 41.2 Å². The minimum Gasteiger partial charge on any atom is -0.448 e. The van der Waals surface area contributed by atoms with E-state index in [1.165, 1.54) is 37.2 Å². The molecule has 1 aliphatic carbocycles. The summed E-state index contributed by atoms with van der Waals surface area (Å²) in [4.78, 5) is 12.7. The summed E-state index contributed by atoms with van der Waals surface area (Å²) in [6, 6.07) is 2.96. The maximum Gasteiger partial charge on any atom is 0.416 e. The van der Waals surface area contributed by atoms with Gasteiger partial charge in [-0.2, -0.15) is 13.2 Å². The Hall–Kier alpha value is -2.83. The van der Waals surface area contributed by atoms with E-state index in [0.29, 0.717) is 0 Å². The van der Waals surface area contributed by atoms with Crippen LogP contribution in [-0.2, 0) is 10.9 Å². The highest BCUT2D eigenvalue weighted by molar-refractivity contribution is 5.66. The molecule has 1 saturated carbocycles. The van der Waals surface area contributed by atoms with Gasteiger partial charge >= 0.3 is 12.3 Å². The lowest BCUT2D eigenvalue weighted by Crippen LogP contribution is -2.40. The normalized spacial score (nSPS) is 17.1. The highest BCUT2D eigenvalue weighted by atomic mass is 19.4. The van der Waals surface area contributed by atoms with E-state index in [0.717, 1.165) is 10.7 Å². The molecule has 31 heavy (non-hydrogen) atoms. The zero-order valence-corrected chi connectivity index (χ0v) is 16.7. The van der Waals surface area contributed by atoms with Gasteiger partial charge in [-0.15, -0.1) is 5.10 Å². The van der Waals surface area contributed by atoms with Crippen molar-refractivity contribution in [2.24, 2.45) is 0 Å². The van der Waals surface area contributed by atoms with Crippen LogP contribution in [0.2, 0.25) is 0 Å². The van der Waals surface area contributed by atoms with E-state index in [2.05, 4.69) is 20.8 Å². The number of aromatic nitrogens is 4. The van der Waals surface area contributed by atoms with Gasteiger partial charge in [0.1, 0.15) is 6.61 Å². The van der Waals surface area contributed by atoms with Crippen LogP contribution in [0.1, 0.15) is 41.9 Å². The first-order chi connectivity index (χ1) is 14.5. The van der Waals surface area contributed by atoms with Crippen molar-refractivity contribution >= 4 is 6.09 Å². The SMILES string of the molecule is CN(C)C(=O)OCCNC(c1ccccc1C(F)(F)F)c1nnnn1C1CC(F)(F)C1. The molecule has 8 nitrogen and oxygen atoms in total. The third kappa shape index (κ3) is 5.27. The van der Waals surface area contributed by atoms with E-state index < -0.39 is 48.7 Å². The molecule has 1 aromatic heterocycles. The quantitative estimate of drug-likeness (QED) is 0.518. The lowest BCUT2D eigenvalue weighted by atomic mass is 9.88.